The minimum absolute atomic E-state index is 0.187. The summed E-state index contributed by atoms with van der Waals surface area (Å²) in [5.74, 6) is 2.16. The first kappa shape index (κ1) is 15.4. The molecule has 1 unspecified atom stereocenters. The molecule has 3 aromatic rings. The van der Waals surface area contributed by atoms with Gasteiger partial charge in [0.2, 0.25) is 0 Å². The van der Waals surface area contributed by atoms with Gasteiger partial charge in [0.25, 0.3) is 0 Å². The highest BCUT2D eigenvalue weighted by molar-refractivity contribution is 5.75. The predicted octanol–water partition coefficient (Wildman–Crippen LogP) is 2.79. The van der Waals surface area contributed by atoms with Crippen molar-refractivity contribution in [2.75, 3.05) is 13.7 Å². The third-order valence-corrected chi connectivity index (χ3v) is 3.74. The topological polar surface area (TPSA) is 56.5 Å². The first-order chi connectivity index (χ1) is 11.2. The van der Waals surface area contributed by atoms with E-state index in [0.717, 1.165) is 16.9 Å². The lowest BCUT2D eigenvalue weighted by atomic mass is 10.3. The fourth-order valence-electron chi connectivity index (χ4n) is 2.61. The van der Waals surface area contributed by atoms with Crippen LogP contribution in [-0.2, 0) is 6.54 Å². The van der Waals surface area contributed by atoms with Crippen molar-refractivity contribution >= 4 is 11.0 Å². The summed E-state index contributed by atoms with van der Waals surface area (Å²) in [6.45, 7) is 2.56. The summed E-state index contributed by atoms with van der Waals surface area (Å²) in [4.78, 5) is 4.50. The van der Waals surface area contributed by atoms with Gasteiger partial charge in [-0.15, -0.1) is 0 Å². The summed E-state index contributed by atoms with van der Waals surface area (Å²) >= 11 is 0. The molecule has 5 nitrogen and oxygen atoms in total. The molecule has 0 fully saturated rings. The van der Waals surface area contributed by atoms with E-state index < -0.39 is 6.10 Å². The fraction of sp³-hybridized carbons (Fsp3) is 0.278. The first-order valence-electron chi connectivity index (χ1n) is 7.55. The molecule has 0 aliphatic rings. The molecule has 1 N–H and O–H groups in total. The Labute approximate surface area is 135 Å². The number of rotatable bonds is 6. The third kappa shape index (κ3) is 3.29. The summed E-state index contributed by atoms with van der Waals surface area (Å²) in [5.41, 5.74) is 1.95. The summed E-state index contributed by atoms with van der Waals surface area (Å²) in [6.07, 6.45) is -0.642. The Hall–Kier alpha value is -2.53. The minimum Gasteiger partial charge on any atom is -0.493 e. The van der Waals surface area contributed by atoms with Gasteiger partial charge in [-0.2, -0.15) is 0 Å². The number of aryl methyl sites for hydroxylation is 1. The molecule has 0 spiro atoms. The minimum atomic E-state index is -0.642. The average molecular weight is 312 g/mol. The number of nitrogens with zero attached hydrogens (tertiary/aromatic N) is 2. The number of imidazole rings is 1. The zero-order valence-corrected chi connectivity index (χ0v) is 13.3. The van der Waals surface area contributed by atoms with Crippen LogP contribution in [0.5, 0.6) is 11.5 Å². The van der Waals surface area contributed by atoms with Gasteiger partial charge in [0, 0.05) is 0 Å². The van der Waals surface area contributed by atoms with E-state index in [0.29, 0.717) is 18.0 Å². The molecule has 23 heavy (non-hydrogen) atoms. The van der Waals surface area contributed by atoms with Crippen LogP contribution >= 0.6 is 0 Å². The first-order valence-corrected chi connectivity index (χ1v) is 7.55. The van der Waals surface area contributed by atoms with Gasteiger partial charge in [-0.3, -0.25) is 0 Å². The number of benzene rings is 2. The van der Waals surface area contributed by atoms with E-state index in [-0.39, 0.29) is 6.61 Å². The average Bonchev–Trinajstić information content (AvgIpc) is 2.89. The Kier molecular flexibility index (Phi) is 4.48. The van der Waals surface area contributed by atoms with E-state index in [1.807, 2.05) is 60.0 Å². The van der Waals surface area contributed by atoms with Gasteiger partial charge in [0.1, 0.15) is 18.5 Å². The SMILES string of the molecule is COc1ccccc1OCC(O)Cn1c(C)nc2ccccc21. The molecule has 1 atom stereocenters. The second-order valence-corrected chi connectivity index (χ2v) is 5.37. The molecule has 1 heterocycles. The second-order valence-electron chi connectivity index (χ2n) is 5.37. The fourth-order valence-corrected chi connectivity index (χ4v) is 2.61. The van der Waals surface area contributed by atoms with Crippen LogP contribution in [0, 0.1) is 6.92 Å². The molecule has 3 rings (SSSR count). The van der Waals surface area contributed by atoms with E-state index in [9.17, 15) is 5.11 Å². The van der Waals surface area contributed by atoms with Crippen LogP contribution in [0.3, 0.4) is 0 Å². The number of aliphatic hydroxyl groups excluding tert-OH is 1. The summed E-state index contributed by atoms with van der Waals surface area (Å²) < 4.78 is 12.9. The van der Waals surface area contributed by atoms with E-state index in [2.05, 4.69) is 4.98 Å². The highest BCUT2D eigenvalue weighted by Gasteiger charge is 2.13. The van der Waals surface area contributed by atoms with Gasteiger partial charge in [0.15, 0.2) is 11.5 Å². The summed E-state index contributed by atoms with van der Waals surface area (Å²) in [6, 6.07) is 15.3. The zero-order chi connectivity index (χ0) is 16.2. The normalized spacial score (nSPS) is 12.3. The lowest BCUT2D eigenvalue weighted by Crippen LogP contribution is -2.24. The smallest absolute Gasteiger partial charge is 0.161 e. The van der Waals surface area contributed by atoms with Crippen molar-refractivity contribution in [3.05, 3.63) is 54.4 Å². The molecule has 1 aromatic heterocycles. The Balaban J connectivity index is 1.69. The molecule has 0 radical (unpaired) electrons. The van der Waals surface area contributed by atoms with Gasteiger partial charge in [-0.05, 0) is 31.2 Å². The van der Waals surface area contributed by atoms with E-state index in [1.165, 1.54) is 0 Å². The second kappa shape index (κ2) is 6.71. The van der Waals surface area contributed by atoms with Crippen molar-refractivity contribution in [1.82, 2.24) is 9.55 Å². The summed E-state index contributed by atoms with van der Waals surface area (Å²) in [7, 11) is 1.60. The van der Waals surface area contributed by atoms with Crippen LogP contribution in [0.1, 0.15) is 5.82 Å². The number of hydrogen-bond donors (Lipinski definition) is 1. The molecule has 0 saturated carbocycles. The maximum absolute atomic E-state index is 10.3. The maximum Gasteiger partial charge on any atom is 0.161 e. The van der Waals surface area contributed by atoms with Gasteiger partial charge in [-0.25, -0.2) is 4.98 Å². The Bertz CT molecular complexity index is 798. The number of aliphatic hydroxyl groups is 1. The number of hydrogen-bond acceptors (Lipinski definition) is 4. The van der Waals surface area contributed by atoms with Crippen LogP contribution in [-0.4, -0.2) is 34.5 Å². The molecular formula is C18H20N2O3. The van der Waals surface area contributed by atoms with Crippen LogP contribution in [0.25, 0.3) is 11.0 Å². The summed E-state index contributed by atoms with van der Waals surface area (Å²) in [5, 5.41) is 10.3. The Morgan fingerprint density at radius 3 is 2.57 bits per heavy atom. The quantitative estimate of drug-likeness (QED) is 0.760. The molecule has 0 amide bonds. The van der Waals surface area contributed by atoms with Gasteiger partial charge < -0.3 is 19.1 Å². The molecular weight excluding hydrogens is 292 g/mol. The van der Waals surface area contributed by atoms with Gasteiger partial charge in [0.05, 0.1) is 24.7 Å². The third-order valence-electron chi connectivity index (χ3n) is 3.74. The van der Waals surface area contributed by atoms with Crippen molar-refractivity contribution in [2.45, 2.75) is 19.6 Å². The Morgan fingerprint density at radius 2 is 1.78 bits per heavy atom. The lowest BCUT2D eigenvalue weighted by molar-refractivity contribution is 0.0914. The highest BCUT2D eigenvalue weighted by atomic mass is 16.5. The lowest BCUT2D eigenvalue weighted by Gasteiger charge is -2.16. The van der Waals surface area contributed by atoms with Crippen LogP contribution in [0.4, 0.5) is 0 Å². The largest absolute Gasteiger partial charge is 0.493 e. The molecule has 5 heteroatoms. The molecule has 0 aliphatic heterocycles. The van der Waals surface area contributed by atoms with Crippen LogP contribution in [0.2, 0.25) is 0 Å². The number of ether oxygens (including phenoxy) is 2. The van der Waals surface area contributed by atoms with E-state index in [4.69, 9.17) is 9.47 Å². The standard InChI is InChI=1S/C18H20N2O3/c1-13-19-15-7-3-4-8-16(15)20(13)11-14(21)12-23-18-10-6-5-9-17(18)22-2/h3-10,14,21H,11-12H2,1-2H3. The number of para-hydroxylation sites is 4. The molecule has 120 valence electrons. The molecule has 0 bridgehead atoms. The highest BCUT2D eigenvalue weighted by Crippen LogP contribution is 2.26. The van der Waals surface area contributed by atoms with Gasteiger partial charge >= 0.3 is 0 Å². The zero-order valence-electron chi connectivity index (χ0n) is 13.3. The molecule has 0 saturated heterocycles. The van der Waals surface area contributed by atoms with Gasteiger partial charge in [-0.1, -0.05) is 24.3 Å². The number of methoxy groups -OCH3 is 1. The van der Waals surface area contributed by atoms with Crippen molar-refractivity contribution < 1.29 is 14.6 Å². The monoisotopic (exact) mass is 312 g/mol. The number of aromatic nitrogens is 2. The molecule has 2 aromatic carbocycles. The Morgan fingerprint density at radius 1 is 1.09 bits per heavy atom. The van der Waals surface area contributed by atoms with Crippen LogP contribution in [0.15, 0.2) is 48.5 Å². The molecule has 0 aliphatic carbocycles. The van der Waals surface area contributed by atoms with Crippen molar-refractivity contribution in [2.24, 2.45) is 0 Å². The van der Waals surface area contributed by atoms with E-state index >= 15 is 0 Å². The van der Waals surface area contributed by atoms with Crippen molar-refractivity contribution in [1.29, 1.82) is 0 Å². The van der Waals surface area contributed by atoms with E-state index in [1.54, 1.807) is 7.11 Å². The van der Waals surface area contributed by atoms with Crippen molar-refractivity contribution in [3.63, 3.8) is 0 Å². The van der Waals surface area contributed by atoms with Crippen LogP contribution < -0.4 is 9.47 Å². The number of fused-ring (bicyclic) bond motifs is 1. The van der Waals surface area contributed by atoms with Crippen molar-refractivity contribution in [3.8, 4) is 11.5 Å². The predicted molar refractivity (Wildman–Crippen MR) is 89.0 cm³/mol. The maximum atomic E-state index is 10.3.